The highest BCUT2D eigenvalue weighted by Gasteiger charge is 2.20. The van der Waals surface area contributed by atoms with Gasteiger partial charge in [0.25, 0.3) is 0 Å². The normalized spacial score (nSPS) is 13.7. The highest BCUT2D eigenvalue weighted by molar-refractivity contribution is 5.99. The molecule has 1 aromatic heterocycles. The second kappa shape index (κ2) is 8.94. The molecule has 4 N–H and O–H groups in total. The van der Waals surface area contributed by atoms with Gasteiger partial charge in [0.1, 0.15) is 17.8 Å². The summed E-state index contributed by atoms with van der Waals surface area (Å²) in [6.07, 6.45) is 7.80. The number of ether oxygens (including phenoxy) is 1. The first-order valence-corrected chi connectivity index (χ1v) is 6.58. The summed E-state index contributed by atoms with van der Waals surface area (Å²) in [5.74, 6) is 2.93. The van der Waals surface area contributed by atoms with Crippen LogP contribution in [0.25, 0.3) is 0 Å². The van der Waals surface area contributed by atoms with Gasteiger partial charge in [-0.25, -0.2) is 4.99 Å². The Balaban J connectivity index is 0.00000172. The first-order valence-electron chi connectivity index (χ1n) is 6.58. The Labute approximate surface area is 121 Å². The summed E-state index contributed by atoms with van der Waals surface area (Å²) < 4.78 is 5.27. The lowest BCUT2D eigenvalue weighted by molar-refractivity contribution is 0.0502. The van der Waals surface area contributed by atoms with Gasteiger partial charge in [0.05, 0.1) is 5.69 Å². The monoisotopic (exact) mass is 276 g/mol. The maximum Gasteiger partial charge on any atom is 0.148 e. The Morgan fingerprint density at radius 1 is 1.60 bits per heavy atom. The number of rotatable bonds is 6. The molecule has 0 spiro atoms. The molecule has 0 aromatic carbocycles. The zero-order chi connectivity index (χ0) is 15.6. The standard InChI is InChI=1S/C13H18N4O.C2H6/c1-4-13(2,18-3)8-7-10-5-6-11(17-10)12(15)16-9-14;1-2/h1,5-6,9,17H,7-8H2,2-3H3,(H3,14,15,16);1-2H3. The zero-order valence-corrected chi connectivity index (χ0v) is 12.7. The van der Waals surface area contributed by atoms with Gasteiger partial charge in [-0.2, -0.15) is 0 Å². The van der Waals surface area contributed by atoms with Crippen LogP contribution >= 0.6 is 0 Å². The molecule has 0 aliphatic rings. The predicted molar refractivity (Wildman–Crippen MR) is 84.2 cm³/mol. The highest BCUT2D eigenvalue weighted by Crippen LogP contribution is 2.16. The number of methoxy groups -OCH3 is 1. The summed E-state index contributed by atoms with van der Waals surface area (Å²) >= 11 is 0. The molecule has 110 valence electrons. The summed E-state index contributed by atoms with van der Waals surface area (Å²) in [5.41, 5.74) is 6.82. The predicted octanol–water partition coefficient (Wildman–Crippen LogP) is 2.32. The summed E-state index contributed by atoms with van der Waals surface area (Å²) in [5, 5.41) is 6.86. The van der Waals surface area contributed by atoms with E-state index in [0.717, 1.165) is 18.5 Å². The van der Waals surface area contributed by atoms with E-state index in [1.807, 2.05) is 32.9 Å². The molecular weight excluding hydrogens is 252 g/mol. The van der Waals surface area contributed by atoms with Crippen molar-refractivity contribution in [2.45, 2.75) is 39.2 Å². The number of aryl methyl sites for hydroxylation is 1. The molecule has 0 bridgehead atoms. The Hall–Kier alpha value is -2.06. The topological polar surface area (TPSA) is 87.2 Å². The summed E-state index contributed by atoms with van der Waals surface area (Å²) in [4.78, 5) is 6.83. The van der Waals surface area contributed by atoms with Crippen molar-refractivity contribution in [3.05, 3.63) is 23.5 Å². The summed E-state index contributed by atoms with van der Waals surface area (Å²) in [7, 11) is 1.61. The van der Waals surface area contributed by atoms with Gasteiger partial charge in [0.15, 0.2) is 0 Å². The minimum Gasteiger partial charge on any atom is -0.382 e. The number of nitrogens with two attached hydrogens (primary N) is 1. The second-order valence-corrected chi connectivity index (χ2v) is 4.12. The second-order valence-electron chi connectivity index (χ2n) is 4.12. The average Bonchev–Trinajstić information content (AvgIpc) is 2.96. The lowest BCUT2D eigenvalue weighted by Gasteiger charge is -2.21. The van der Waals surface area contributed by atoms with Gasteiger partial charge in [-0.05, 0) is 31.9 Å². The molecule has 0 amide bonds. The number of hydrogen-bond donors (Lipinski definition) is 3. The smallest absolute Gasteiger partial charge is 0.148 e. The van der Waals surface area contributed by atoms with Crippen molar-refractivity contribution in [3.63, 3.8) is 0 Å². The van der Waals surface area contributed by atoms with Gasteiger partial charge < -0.3 is 15.5 Å². The largest absolute Gasteiger partial charge is 0.382 e. The van der Waals surface area contributed by atoms with Crippen molar-refractivity contribution in [1.82, 2.24) is 4.98 Å². The number of terminal acetylenes is 1. The Bertz CT molecular complexity index is 484. The fourth-order valence-corrected chi connectivity index (χ4v) is 1.48. The number of aromatic amines is 1. The Morgan fingerprint density at radius 3 is 2.75 bits per heavy atom. The lowest BCUT2D eigenvalue weighted by atomic mass is 10.00. The number of nitrogens with zero attached hydrogens (tertiary/aromatic N) is 1. The number of nitrogens with one attached hydrogen (secondary N) is 2. The number of aromatic nitrogens is 1. The molecule has 1 atom stereocenters. The number of H-pyrrole nitrogens is 1. The Morgan fingerprint density at radius 2 is 2.25 bits per heavy atom. The molecule has 0 saturated heterocycles. The first kappa shape index (κ1) is 17.9. The maximum atomic E-state index is 6.86. The van der Waals surface area contributed by atoms with Crippen molar-refractivity contribution in [2.24, 2.45) is 10.7 Å². The average molecular weight is 276 g/mol. The zero-order valence-electron chi connectivity index (χ0n) is 12.7. The lowest BCUT2D eigenvalue weighted by Crippen LogP contribution is -2.25. The van der Waals surface area contributed by atoms with Crippen LogP contribution in [0.2, 0.25) is 0 Å². The minimum absolute atomic E-state index is 0.294. The van der Waals surface area contributed by atoms with Crippen LogP contribution < -0.4 is 5.73 Å². The van der Waals surface area contributed by atoms with E-state index in [-0.39, 0.29) is 0 Å². The first-order chi connectivity index (χ1) is 9.54. The van der Waals surface area contributed by atoms with Gasteiger partial charge >= 0.3 is 0 Å². The molecule has 0 radical (unpaired) electrons. The van der Waals surface area contributed by atoms with Gasteiger partial charge in [-0.1, -0.05) is 19.8 Å². The molecule has 1 rings (SSSR count). The molecule has 0 fully saturated rings. The molecule has 1 unspecified atom stereocenters. The van der Waals surface area contributed by atoms with E-state index in [4.69, 9.17) is 22.3 Å². The number of aliphatic imine (C=N–C) groups is 1. The van der Waals surface area contributed by atoms with Crippen LogP contribution in [-0.4, -0.2) is 29.9 Å². The molecule has 1 aromatic rings. The third-order valence-electron chi connectivity index (χ3n) is 2.85. The molecule has 5 nitrogen and oxygen atoms in total. The van der Waals surface area contributed by atoms with E-state index >= 15 is 0 Å². The van der Waals surface area contributed by atoms with Crippen LogP contribution in [0.4, 0.5) is 0 Å². The third-order valence-corrected chi connectivity index (χ3v) is 2.85. The Kier molecular flexibility index (Phi) is 8.02. The van der Waals surface area contributed by atoms with E-state index in [1.165, 1.54) is 0 Å². The van der Waals surface area contributed by atoms with Gasteiger partial charge in [0.2, 0.25) is 0 Å². The summed E-state index contributed by atoms with van der Waals surface area (Å²) in [6.45, 7) is 5.88. The quantitative estimate of drug-likeness (QED) is 0.423. The molecule has 1 heterocycles. The van der Waals surface area contributed by atoms with E-state index < -0.39 is 5.60 Å². The molecule has 0 saturated carbocycles. The van der Waals surface area contributed by atoms with E-state index in [0.29, 0.717) is 18.0 Å². The molecular formula is C15H24N4O. The molecule has 5 heteroatoms. The van der Waals surface area contributed by atoms with Crippen molar-refractivity contribution in [1.29, 1.82) is 5.41 Å². The molecule has 0 aliphatic heterocycles. The fourth-order valence-electron chi connectivity index (χ4n) is 1.48. The van der Waals surface area contributed by atoms with Gasteiger partial charge in [-0.15, -0.1) is 6.42 Å². The van der Waals surface area contributed by atoms with Crippen molar-refractivity contribution >= 4 is 12.2 Å². The van der Waals surface area contributed by atoms with E-state index in [2.05, 4.69) is 15.9 Å². The maximum absolute atomic E-state index is 6.86. The van der Waals surface area contributed by atoms with Crippen LogP contribution in [0, 0.1) is 17.8 Å². The fraction of sp³-hybridized carbons (Fsp3) is 0.467. The van der Waals surface area contributed by atoms with Gasteiger partial charge in [0, 0.05) is 12.8 Å². The molecule has 0 aliphatic carbocycles. The van der Waals surface area contributed by atoms with Crippen molar-refractivity contribution in [3.8, 4) is 12.3 Å². The van der Waals surface area contributed by atoms with E-state index in [9.17, 15) is 0 Å². The minimum atomic E-state index is -0.556. The van der Waals surface area contributed by atoms with Crippen LogP contribution in [0.3, 0.4) is 0 Å². The SMILES string of the molecule is C#CC(C)(CCc1ccc(C(N)=NC=N)[nH]1)OC.CC. The highest BCUT2D eigenvalue weighted by atomic mass is 16.5. The van der Waals surface area contributed by atoms with Crippen LogP contribution in [0.5, 0.6) is 0 Å². The van der Waals surface area contributed by atoms with Crippen LogP contribution in [0.15, 0.2) is 17.1 Å². The molecule has 20 heavy (non-hydrogen) atoms. The van der Waals surface area contributed by atoms with Gasteiger partial charge in [-0.3, -0.25) is 5.41 Å². The summed E-state index contributed by atoms with van der Waals surface area (Å²) in [6, 6.07) is 3.76. The van der Waals surface area contributed by atoms with Crippen molar-refractivity contribution < 1.29 is 4.74 Å². The van der Waals surface area contributed by atoms with Crippen LogP contribution in [-0.2, 0) is 11.2 Å². The number of hydrogen-bond acceptors (Lipinski definition) is 2. The van der Waals surface area contributed by atoms with Crippen LogP contribution in [0.1, 0.15) is 38.6 Å². The number of amidine groups is 1. The van der Waals surface area contributed by atoms with E-state index in [1.54, 1.807) is 7.11 Å². The third kappa shape index (κ3) is 5.29. The van der Waals surface area contributed by atoms with Crippen molar-refractivity contribution in [2.75, 3.05) is 7.11 Å².